The average molecular weight is 296 g/mol. The van der Waals surface area contributed by atoms with Crippen molar-refractivity contribution in [3.63, 3.8) is 0 Å². The third-order valence-corrected chi connectivity index (χ3v) is 3.29. The maximum absolute atomic E-state index is 12.5. The second-order valence-corrected chi connectivity index (χ2v) is 4.90. The molecule has 1 saturated heterocycles. The molecule has 1 N–H and O–H groups in total. The van der Waals surface area contributed by atoms with E-state index in [0.29, 0.717) is 11.4 Å². The quantitative estimate of drug-likeness (QED) is 0.767. The topological polar surface area (TPSA) is 58.6 Å². The van der Waals surface area contributed by atoms with Gasteiger partial charge in [-0.05, 0) is 18.9 Å². The molecule has 1 heterocycles. The number of nitrogens with zero attached hydrogens (tertiary/aromatic N) is 1. The number of carbonyl (C=O) groups is 2. The minimum Gasteiger partial charge on any atom is -0.469 e. The molecule has 0 bridgehead atoms. The van der Waals surface area contributed by atoms with Crippen LogP contribution in [0.15, 0.2) is 0 Å². The Morgan fingerprint density at radius 3 is 2.50 bits per heavy atom. The first-order chi connectivity index (χ1) is 9.24. The van der Waals surface area contributed by atoms with Gasteiger partial charge in [0.1, 0.15) is 6.54 Å². The fourth-order valence-electron chi connectivity index (χ4n) is 2.17. The van der Waals surface area contributed by atoms with Crippen molar-refractivity contribution in [2.24, 2.45) is 5.92 Å². The van der Waals surface area contributed by atoms with Crippen LogP contribution >= 0.6 is 0 Å². The summed E-state index contributed by atoms with van der Waals surface area (Å²) in [5.41, 5.74) is 0. The first kappa shape index (κ1) is 16.7. The van der Waals surface area contributed by atoms with Crippen LogP contribution in [0.1, 0.15) is 19.8 Å². The highest BCUT2D eigenvalue weighted by atomic mass is 19.4. The van der Waals surface area contributed by atoms with Crippen LogP contribution in [-0.2, 0) is 14.3 Å². The highest BCUT2D eigenvalue weighted by Crippen LogP contribution is 2.21. The molecule has 8 heteroatoms. The lowest BCUT2D eigenvalue weighted by molar-refractivity contribution is -0.164. The summed E-state index contributed by atoms with van der Waals surface area (Å²) >= 11 is 0. The van der Waals surface area contributed by atoms with E-state index in [1.165, 1.54) is 0 Å². The number of rotatable bonds is 5. The first-order valence-corrected chi connectivity index (χ1v) is 6.40. The van der Waals surface area contributed by atoms with Crippen molar-refractivity contribution in [3.8, 4) is 0 Å². The molecule has 1 aliphatic rings. The van der Waals surface area contributed by atoms with Gasteiger partial charge in [-0.25, -0.2) is 0 Å². The van der Waals surface area contributed by atoms with Crippen LogP contribution in [0, 0.1) is 5.92 Å². The van der Waals surface area contributed by atoms with Gasteiger partial charge in [-0.1, -0.05) is 6.92 Å². The third-order valence-electron chi connectivity index (χ3n) is 3.29. The van der Waals surface area contributed by atoms with Gasteiger partial charge in [0.15, 0.2) is 0 Å². The standard InChI is InChI=1S/C12H19F3N2O3/c1-8-3-5-16-10(8)11(19)17(7-12(13,14)15)6-4-9(18)20-2/h8,10,16H,3-7H2,1-2H3. The van der Waals surface area contributed by atoms with Crippen molar-refractivity contribution < 1.29 is 27.5 Å². The number of hydrogen-bond acceptors (Lipinski definition) is 4. The van der Waals surface area contributed by atoms with Crippen LogP contribution in [0.5, 0.6) is 0 Å². The van der Waals surface area contributed by atoms with Crippen LogP contribution in [0.2, 0.25) is 0 Å². The Kier molecular flexibility index (Phi) is 5.79. The van der Waals surface area contributed by atoms with E-state index in [0.717, 1.165) is 13.5 Å². The molecule has 2 unspecified atom stereocenters. The van der Waals surface area contributed by atoms with Gasteiger partial charge >= 0.3 is 12.1 Å². The maximum atomic E-state index is 12.5. The Balaban J connectivity index is 2.70. The Hall–Kier alpha value is -1.31. The Morgan fingerprint density at radius 2 is 2.05 bits per heavy atom. The molecule has 0 saturated carbocycles. The summed E-state index contributed by atoms with van der Waals surface area (Å²) in [6.45, 7) is 0.771. The molecule has 20 heavy (non-hydrogen) atoms. The molecule has 1 rings (SSSR count). The highest BCUT2D eigenvalue weighted by molar-refractivity contribution is 5.83. The monoisotopic (exact) mass is 296 g/mol. The van der Waals surface area contributed by atoms with Crippen molar-refractivity contribution in [3.05, 3.63) is 0 Å². The van der Waals surface area contributed by atoms with Gasteiger partial charge in [-0.3, -0.25) is 9.59 Å². The van der Waals surface area contributed by atoms with E-state index in [-0.39, 0.29) is 18.9 Å². The molecular weight excluding hydrogens is 277 g/mol. The number of hydrogen-bond donors (Lipinski definition) is 1. The van der Waals surface area contributed by atoms with Crippen LogP contribution in [0.3, 0.4) is 0 Å². The molecular formula is C12H19F3N2O3. The molecule has 0 aromatic heterocycles. The third kappa shape index (κ3) is 4.99. The number of esters is 1. The minimum atomic E-state index is -4.49. The molecule has 0 spiro atoms. The van der Waals surface area contributed by atoms with Gasteiger partial charge in [0.2, 0.25) is 5.91 Å². The van der Waals surface area contributed by atoms with E-state index in [1.54, 1.807) is 0 Å². The lowest BCUT2D eigenvalue weighted by Gasteiger charge is -2.27. The molecule has 0 radical (unpaired) electrons. The molecule has 0 aromatic carbocycles. The van der Waals surface area contributed by atoms with Crippen molar-refractivity contribution in [1.82, 2.24) is 10.2 Å². The number of nitrogens with one attached hydrogen (secondary N) is 1. The van der Waals surface area contributed by atoms with Gasteiger partial charge in [0.05, 0.1) is 19.6 Å². The summed E-state index contributed by atoms with van der Waals surface area (Å²) in [6, 6.07) is -0.616. The van der Waals surface area contributed by atoms with Crippen molar-refractivity contribution in [2.75, 3.05) is 26.7 Å². The number of amides is 1. The molecule has 2 atom stereocenters. The zero-order chi connectivity index (χ0) is 15.3. The van der Waals surface area contributed by atoms with Gasteiger partial charge in [0.25, 0.3) is 0 Å². The largest absolute Gasteiger partial charge is 0.469 e. The summed E-state index contributed by atoms with van der Waals surface area (Å²) < 4.78 is 42.0. The zero-order valence-corrected chi connectivity index (χ0v) is 11.5. The number of halogens is 3. The molecule has 116 valence electrons. The Morgan fingerprint density at radius 1 is 1.40 bits per heavy atom. The molecule has 1 fully saturated rings. The van der Waals surface area contributed by atoms with Crippen molar-refractivity contribution in [2.45, 2.75) is 32.0 Å². The molecule has 0 aromatic rings. The van der Waals surface area contributed by atoms with E-state index in [9.17, 15) is 22.8 Å². The fourth-order valence-corrected chi connectivity index (χ4v) is 2.17. The van der Waals surface area contributed by atoms with Gasteiger partial charge in [-0.2, -0.15) is 13.2 Å². The van der Waals surface area contributed by atoms with Gasteiger partial charge < -0.3 is 15.0 Å². The van der Waals surface area contributed by atoms with E-state index < -0.39 is 30.6 Å². The molecule has 0 aliphatic carbocycles. The lowest BCUT2D eigenvalue weighted by atomic mass is 10.0. The van der Waals surface area contributed by atoms with Crippen LogP contribution in [-0.4, -0.2) is 55.7 Å². The summed E-state index contributed by atoms with van der Waals surface area (Å²) in [6.07, 6.45) is -4.00. The smallest absolute Gasteiger partial charge is 0.406 e. The minimum absolute atomic E-state index is 0.0173. The van der Waals surface area contributed by atoms with Crippen LogP contribution < -0.4 is 5.32 Å². The van der Waals surface area contributed by atoms with Crippen molar-refractivity contribution in [1.29, 1.82) is 0 Å². The lowest BCUT2D eigenvalue weighted by Crippen LogP contribution is -2.49. The highest BCUT2D eigenvalue weighted by Gasteiger charge is 2.38. The van der Waals surface area contributed by atoms with E-state index in [2.05, 4.69) is 10.1 Å². The first-order valence-electron chi connectivity index (χ1n) is 6.40. The van der Waals surface area contributed by atoms with Crippen LogP contribution in [0.25, 0.3) is 0 Å². The Labute approximate surface area is 115 Å². The normalized spacial score (nSPS) is 22.6. The van der Waals surface area contributed by atoms with Gasteiger partial charge in [0, 0.05) is 6.54 Å². The molecule has 1 amide bonds. The second kappa shape index (κ2) is 6.92. The maximum Gasteiger partial charge on any atom is 0.406 e. The summed E-state index contributed by atoms with van der Waals surface area (Å²) in [5, 5.41) is 2.90. The summed E-state index contributed by atoms with van der Waals surface area (Å²) in [4.78, 5) is 23.9. The predicted molar refractivity (Wildman–Crippen MR) is 64.8 cm³/mol. The second-order valence-electron chi connectivity index (χ2n) is 4.90. The number of carbonyl (C=O) groups excluding carboxylic acids is 2. The summed E-state index contributed by atoms with van der Waals surface area (Å²) in [5.74, 6) is -1.27. The van der Waals surface area contributed by atoms with E-state index in [4.69, 9.17) is 0 Å². The molecule has 1 aliphatic heterocycles. The zero-order valence-electron chi connectivity index (χ0n) is 11.5. The summed E-state index contributed by atoms with van der Waals surface area (Å²) in [7, 11) is 1.15. The molecule has 5 nitrogen and oxygen atoms in total. The number of ether oxygens (including phenoxy) is 1. The Bertz CT molecular complexity index is 360. The average Bonchev–Trinajstić information content (AvgIpc) is 2.78. The van der Waals surface area contributed by atoms with Crippen LogP contribution in [0.4, 0.5) is 13.2 Å². The number of alkyl halides is 3. The van der Waals surface area contributed by atoms with Crippen molar-refractivity contribution >= 4 is 11.9 Å². The SMILES string of the molecule is COC(=O)CCN(CC(F)(F)F)C(=O)C1NCCC1C. The fraction of sp³-hybridized carbons (Fsp3) is 0.833. The predicted octanol–water partition coefficient (Wildman–Crippen LogP) is 0.938. The van der Waals surface area contributed by atoms with Gasteiger partial charge in [-0.15, -0.1) is 0 Å². The number of methoxy groups -OCH3 is 1. The van der Waals surface area contributed by atoms with E-state index >= 15 is 0 Å². The van der Waals surface area contributed by atoms with E-state index in [1.807, 2.05) is 6.92 Å².